The third-order valence-corrected chi connectivity index (χ3v) is 3.81. The number of benzene rings is 2. The molecule has 2 atom stereocenters. The van der Waals surface area contributed by atoms with Gasteiger partial charge in [-0.25, -0.2) is 0 Å². The predicted molar refractivity (Wildman–Crippen MR) is 83.2 cm³/mol. The van der Waals surface area contributed by atoms with Crippen LogP contribution in [0.5, 0.6) is 5.75 Å². The maximum Gasteiger partial charge on any atom is 0.122 e. The maximum absolute atomic E-state index is 8.81. The van der Waals surface area contributed by atoms with Gasteiger partial charge in [0.2, 0.25) is 0 Å². The van der Waals surface area contributed by atoms with Crippen LogP contribution in [0.1, 0.15) is 11.5 Å². The summed E-state index contributed by atoms with van der Waals surface area (Å²) in [7, 11) is 2.24. The van der Waals surface area contributed by atoms with E-state index >= 15 is 0 Å². The first-order valence-electron chi connectivity index (χ1n) is 6.34. The van der Waals surface area contributed by atoms with Crippen molar-refractivity contribution in [3.63, 3.8) is 0 Å². The molecule has 0 saturated heterocycles. The zero-order chi connectivity index (χ0) is 13.9. The molecule has 0 fully saturated rings. The fraction of sp³-hybridized carbons (Fsp3) is 0.133. The second kappa shape index (κ2) is 5.51. The van der Waals surface area contributed by atoms with Crippen molar-refractivity contribution in [1.29, 1.82) is 0 Å². The van der Waals surface area contributed by atoms with Crippen molar-refractivity contribution < 1.29 is 9.73 Å². The molecule has 3 rings (SSSR count). The van der Waals surface area contributed by atoms with Crippen LogP contribution in [0.4, 0.5) is 11.4 Å². The van der Waals surface area contributed by atoms with E-state index in [1.165, 1.54) is 5.56 Å². The second-order valence-electron chi connectivity index (χ2n) is 4.65. The zero-order valence-corrected chi connectivity index (χ0v) is 12.0. The fourth-order valence-corrected chi connectivity index (χ4v) is 2.75. The highest BCUT2D eigenvalue weighted by molar-refractivity contribution is 7.10. The topological polar surface area (TPSA) is 45.1 Å². The summed E-state index contributed by atoms with van der Waals surface area (Å²) in [6, 6.07) is 16.1. The summed E-state index contributed by atoms with van der Waals surface area (Å²) < 4.78 is 5.10. The van der Waals surface area contributed by atoms with E-state index in [1.807, 2.05) is 36.4 Å². The monoisotopic (exact) mass is 286 g/mol. The molecule has 1 aliphatic rings. The van der Waals surface area contributed by atoms with Crippen LogP contribution < -0.4 is 9.42 Å². The van der Waals surface area contributed by atoms with Crippen molar-refractivity contribution >= 4 is 27.1 Å². The first-order chi connectivity index (χ1) is 9.83. The third kappa shape index (κ3) is 2.23. The van der Waals surface area contributed by atoms with Gasteiger partial charge in [-0.15, -0.1) is 5.16 Å². The molecule has 2 unspecified atom stereocenters. The Morgan fingerprint density at radius 2 is 1.95 bits per heavy atom. The Morgan fingerprint density at radius 1 is 1.20 bits per heavy atom. The Balaban J connectivity index is 1.98. The Morgan fingerprint density at radius 3 is 2.65 bits per heavy atom. The van der Waals surface area contributed by atoms with Crippen molar-refractivity contribution in [2.45, 2.75) is 5.92 Å². The lowest BCUT2D eigenvalue weighted by atomic mass is 10.0. The van der Waals surface area contributed by atoms with Gasteiger partial charge in [-0.3, -0.25) is 0 Å². The standard InChI is InChI=1S/C15H15N2O2P/c18-16-9-11-10-17(15-4-2-1-3-14(11)15)12-5-7-13(19-20)8-6-12/h1-9,11,18H,10,20H2/b16-9+. The van der Waals surface area contributed by atoms with Gasteiger partial charge in [0, 0.05) is 23.8 Å². The minimum Gasteiger partial charge on any atom is -0.480 e. The number of anilines is 2. The van der Waals surface area contributed by atoms with Gasteiger partial charge in [0.25, 0.3) is 0 Å². The summed E-state index contributed by atoms with van der Waals surface area (Å²) >= 11 is 0. The molecular weight excluding hydrogens is 271 g/mol. The Kier molecular flexibility index (Phi) is 3.57. The van der Waals surface area contributed by atoms with Gasteiger partial charge in [0.15, 0.2) is 0 Å². The van der Waals surface area contributed by atoms with E-state index in [0.29, 0.717) is 0 Å². The molecule has 4 nitrogen and oxygen atoms in total. The molecule has 0 spiro atoms. The number of hydrogen-bond acceptors (Lipinski definition) is 4. The molecule has 1 N–H and O–H groups in total. The average molecular weight is 286 g/mol. The van der Waals surface area contributed by atoms with E-state index in [9.17, 15) is 0 Å². The second-order valence-corrected chi connectivity index (χ2v) is 4.89. The van der Waals surface area contributed by atoms with Crippen molar-refractivity contribution in [3.05, 3.63) is 54.1 Å². The van der Waals surface area contributed by atoms with E-state index in [-0.39, 0.29) is 5.92 Å². The number of fused-ring (bicyclic) bond motifs is 1. The minimum atomic E-state index is 0.105. The van der Waals surface area contributed by atoms with Crippen LogP contribution >= 0.6 is 9.47 Å². The lowest BCUT2D eigenvalue weighted by Gasteiger charge is -2.20. The molecule has 0 radical (unpaired) electrons. The normalized spacial score (nSPS) is 17.4. The molecule has 20 heavy (non-hydrogen) atoms. The Bertz CT molecular complexity index is 628. The maximum atomic E-state index is 8.81. The number of nitrogens with zero attached hydrogens (tertiary/aromatic N) is 2. The number of oxime groups is 1. The van der Waals surface area contributed by atoms with E-state index in [2.05, 4.69) is 31.7 Å². The van der Waals surface area contributed by atoms with Gasteiger partial charge >= 0.3 is 0 Å². The SMILES string of the molecule is O/N=C/C1CN(c2ccc(OP)cc2)c2ccccc21. The summed E-state index contributed by atoms with van der Waals surface area (Å²) in [6.07, 6.45) is 1.58. The molecule has 1 heterocycles. The van der Waals surface area contributed by atoms with Crippen LogP contribution in [0.2, 0.25) is 0 Å². The van der Waals surface area contributed by atoms with Gasteiger partial charge in [-0.05, 0) is 35.9 Å². The van der Waals surface area contributed by atoms with Crippen LogP contribution in [-0.2, 0) is 0 Å². The van der Waals surface area contributed by atoms with Crippen LogP contribution in [0.3, 0.4) is 0 Å². The Labute approximate surface area is 120 Å². The van der Waals surface area contributed by atoms with Crippen molar-refractivity contribution in [2.24, 2.45) is 5.16 Å². The van der Waals surface area contributed by atoms with E-state index in [1.54, 1.807) is 6.21 Å². The van der Waals surface area contributed by atoms with Crippen LogP contribution in [0, 0.1) is 0 Å². The summed E-state index contributed by atoms with van der Waals surface area (Å²) in [5.41, 5.74) is 3.42. The Hall–Kier alpha value is -2.06. The molecule has 102 valence electrons. The minimum absolute atomic E-state index is 0.105. The van der Waals surface area contributed by atoms with Gasteiger partial charge in [0.05, 0.1) is 15.7 Å². The van der Waals surface area contributed by atoms with Crippen molar-refractivity contribution in [3.8, 4) is 5.75 Å². The summed E-state index contributed by atoms with van der Waals surface area (Å²) in [5.74, 6) is 0.911. The number of rotatable bonds is 3. The van der Waals surface area contributed by atoms with E-state index in [0.717, 1.165) is 23.7 Å². The predicted octanol–water partition coefficient (Wildman–Crippen LogP) is 3.55. The highest BCUT2D eigenvalue weighted by Gasteiger charge is 2.28. The molecule has 5 heteroatoms. The highest BCUT2D eigenvalue weighted by atomic mass is 31.0. The quantitative estimate of drug-likeness (QED) is 0.406. The van der Waals surface area contributed by atoms with E-state index in [4.69, 9.17) is 9.73 Å². The summed E-state index contributed by atoms with van der Waals surface area (Å²) in [5, 5.41) is 12.0. The number of hydrogen-bond donors (Lipinski definition) is 1. The first kappa shape index (κ1) is 12.9. The fourth-order valence-electron chi connectivity index (χ4n) is 2.60. The molecule has 0 amide bonds. The zero-order valence-electron chi connectivity index (χ0n) is 10.8. The first-order valence-corrected chi connectivity index (χ1v) is 6.81. The molecular formula is C15H15N2O2P. The summed E-state index contributed by atoms with van der Waals surface area (Å²) in [6.45, 7) is 0.768. The van der Waals surface area contributed by atoms with Gasteiger partial charge in [0.1, 0.15) is 5.75 Å². The molecule has 0 bridgehead atoms. The van der Waals surface area contributed by atoms with Gasteiger partial charge in [-0.1, -0.05) is 18.2 Å². The van der Waals surface area contributed by atoms with Gasteiger partial charge in [-0.2, -0.15) is 0 Å². The van der Waals surface area contributed by atoms with Crippen molar-refractivity contribution in [2.75, 3.05) is 11.4 Å². The summed E-state index contributed by atoms with van der Waals surface area (Å²) in [4.78, 5) is 2.22. The smallest absolute Gasteiger partial charge is 0.122 e. The van der Waals surface area contributed by atoms with Crippen LogP contribution in [0.25, 0.3) is 0 Å². The third-order valence-electron chi connectivity index (χ3n) is 3.54. The highest BCUT2D eigenvalue weighted by Crippen LogP contribution is 2.40. The molecule has 2 aromatic rings. The van der Waals surface area contributed by atoms with Gasteiger partial charge < -0.3 is 14.6 Å². The van der Waals surface area contributed by atoms with Crippen LogP contribution in [0.15, 0.2) is 53.7 Å². The average Bonchev–Trinajstić information content (AvgIpc) is 2.87. The molecule has 1 aliphatic heterocycles. The molecule has 0 aromatic heterocycles. The van der Waals surface area contributed by atoms with E-state index < -0.39 is 0 Å². The lowest BCUT2D eigenvalue weighted by Crippen LogP contribution is -2.16. The molecule has 0 saturated carbocycles. The van der Waals surface area contributed by atoms with Crippen LogP contribution in [-0.4, -0.2) is 18.0 Å². The number of para-hydroxylation sites is 1. The lowest BCUT2D eigenvalue weighted by molar-refractivity contribution is 0.320. The largest absolute Gasteiger partial charge is 0.480 e. The van der Waals surface area contributed by atoms with Crippen molar-refractivity contribution in [1.82, 2.24) is 0 Å². The molecule has 0 aliphatic carbocycles. The molecule has 2 aromatic carbocycles.